The molecule has 0 spiro atoms. The van der Waals surface area contributed by atoms with Crippen molar-refractivity contribution in [1.82, 2.24) is 0 Å². The van der Waals surface area contributed by atoms with E-state index in [2.05, 4.69) is 4.99 Å². The lowest BCUT2D eigenvalue weighted by Crippen LogP contribution is -2.26. The lowest BCUT2D eigenvalue weighted by Gasteiger charge is -2.09. The van der Waals surface area contributed by atoms with Gasteiger partial charge in [0.05, 0.1) is 18.4 Å². The first kappa shape index (κ1) is 18.3. The maximum absolute atomic E-state index is 12.8. The number of benzene rings is 2. The molecule has 0 aliphatic carbocycles. The minimum atomic E-state index is -5.14. The molecule has 2 rings (SSSR count). The number of aliphatic hydroxyl groups excluding tert-OH is 1. The minimum Gasteiger partial charge on any atom is -0.506 e. The van der Waals surface area contributed by atoms with Gasteiger partial charge in [-0.2, -0.15) is 13.2 Å². The van der Waals surface area contributed by atoms with Gasteiger partial charge in [0.1, 0.15) is 11.5 Å². The van der Waals surface area contributed by atoms with E-state index in [0.717, 1.165) is 0 Å². The van der Waals surface area contributed by atoms with Crippen LogP contribution in [-0.2, 0) is 4.79 Å². The number of alkyl halides is 3. The molecular weight excluding hydrogens is 335 g/mol. The van der Waals surface area contributed by atoms with Crippen LogP contribution in [0.2, 0.25) is 0 Å². The van der Waals surface area contributed by atoms with Crippen LogP contribution >= 0.6 is 0 Å². The molecule has 2 aromatic rings. The first-order chi connectivity index (χ1) is 11.8. The molecular formula is C18H14F3NO3. The normalized spacial score (nSPS) is 12.8. The van der Waals surface area contributed by atoms with E-state index in [0.29, 0.717) is 17.7 Å². The van der Waals surface area contributed by atoms with Crippen molar-refractivity contribution in [3.63, 3.8) is 0 Å². The van der Waals surface area contributed by atoms with Gasteiger partial charge in [-0.15, -0.1) is 0 Å². The predicted octanol–water partition coefficient (Wildman–Crippen LogP) is 4.50. The van der Waals surface area contributed by atoms with E-state index in [1.807, 2.05) is 0 Å². The molecule has 0 radical (unpaired) electrons. The topological polar surface area (TPSA) is 58.9 Å². The molecule has 0 saturated carbocycles. The molecule has 0 atom stereocenters. The quantitative estimate of drug-likeness (QED) is 0.491. The van der Waals surface area contributed by atoms with Gasteiger partial charge < -0.3 is 9.84 Å². The van der Waals surface area contributed by atoms with Crippen molar-refractivity contribution in [3.05, 3.63) is 65.7 Å². The summed E-state index contributed by atoms with van der Waals surface area (Å²) in [6.07, 6.45) is -4.43. The van der Waals surface area contributed by atoms with Crippen LogP contribution in [0.3, 0.4) is 0 Å². The molecule has 25 heavy (non-hydrogen) atoms. The van der Waals surface area contributed by atoms with E-state index in [4.69, 9.17) is 4.74 Å². The van der Waals surface area contributed by atoms with Gasteiger partial charge in [-0.3, -0.25) is 9.79 Å². The number of carbonyl (C=O) groups excluding carboxylic acids is 1. The van der Waals surface area contributed by atoms with Gasteiger partial charge in [-0.1, -0.05) is 18.2 Å². The van der Waals surface area contributed by atoms with Crippen molar-refractivity contribution in [2.45, 2.75) is 6.18 Å². The summed E-state index contributed by atoms with van der Waals surface area (Å²) < 4.78 is 43.5. The average Bonchev–Trinajstić information content (AvgIpc) is 2.61. The van der Waals surface area contributed by atoms with Gasteiger partial charge in [-0.25, -0.2) is 0 Å². The number of aliphatic imine (C=N–C) groups is 1. The molecule has 0 unspecified atom stereocenters. The van der Waals surface area contributed by atoms with E-state index in [1.54, 1.807) is 30.3 Å². The molecule has 0 fully saturated rings. The molecule has 0 saturated heterocycles. The van der Waals surface area contributed by atoms with E-state index in [-0.39, 0.29) is 5.56 Å². The van der Waals surface area contributed by atoms with Crippen LogP contribution in [0.25, 0.3) is 5.76 Å². The zero-order valence-corrected chi connectivity index (χ0v) is 13.1. The number of carbonyl (C=O) groups is 1. The lowest BCUT2D eigenvalue weighted by atomic mass is 10.0. The number of para-hydroxylation sites is 1. The molecule has 130 valence electrons. The van der Waals surface area contributed by atoms with Crippen molar-refractivity contribution >= 4 is 23.4 Å². The predicted molar refractivity (Wildman–Crippen MR) is 88.2 cm³/mol. The van der Waals surface area contributed by atoms with Crippen LogP contribution in [0.5, 0.6) is 5.75 Å². The Kier molecular flexibility index (Phi) is 5.59. The summed E-state index contributed by atoms with van der Waals surface area (Å²) in [6, 6.07) is 13.7. The van der Waals surface area contributed by atoms with Crippen LogP contribution in [0.1, 0.15) is 5.56 Å². The Hall–Kier alpha value is -3.09. The van der Waals surface area contributed by atoms with Gasteiger partial charge in [0, 0.05) is 11.8 Å². The number of methoxy groups -OCH3 is 1. The summed E-state index contributed by atoms with van der Waals surface area (Å²) in [5, 5.41) is 10.2. The fraction of sp³-hybridized carbons (Fsp3) is 0.111. The summed E-state index contributed by atoms with van der Waals surface area (Å²) in [5.74, 6) is -2.54. The van der Waals surface area contributed by atoms with Crippen molar-refractivity contribution < 1.29 is 27.8 Å². The molecule has 4 nitrogen and oxygen atoms in total. The molecule has 7 heteroatoms. The molecule has 2 aromatic carbocycles. The third-order valence-electron chi connectivity index (χ3n) is 3.22. The van der Waals surface area contributed by atoms with Crippen molar-refractivity contribution in [2.75, 3.05) is 7.11 Å². The fourth-order valence-corrected chi connectivity index (χ4v) is 1.94. The highest BCUT2D eigenvalue weighted by Gasteiger charge is 2.41. The Morgan fingerprint density at radius 3 is 2.20 bits per heavy atom. The summed E-state index contributed by atoms with van der Waals surface area (Å²) in [4.78, 5) is 15.5. The van der Waals surface area contributed by atoms with Crippen molar-refractivity contribution in [3.8, 4) is 5.75 Å². The fourth-order valence-electron chi connectivity index (χ4n) is 1.94. The molecule has 0 aromatic heterocycles. The van der Waals surface area contributed by atoms with E-state index in [1.165, 1.54) is 31.4 Å². The summed E-state index contributed by atoms with van der Waals surface area (Å²) in [5.41, 5.74) is -0.563. The van der Waals surface area contributed by atoms with E-state index < -0.39 is 23.3 Å². The van der Waals surface area contributed by atoms with Crippen LogP contribution < -0.4 is 4.74 Å². The molecule has 0 bridgehead atoms. The zero-order valence-electron chi connectivity index (χ0n) is 13.1. The van der Waals surface area contributed by atoms with E-state index >= 15 is 0 Å². The number of aliphatic hydroxyl groups is 1. The number of allylic oxidation sites excluding steroid dienone is 1. The standard InChI is InChI=1S/C18H14F3NO3/c1-25-14-9-7-12(8-10-14)16(23)15(17(24)18(19,20)21)11-22-13-5-3-2-4-6-13/h2-11,23H,1H3/b16-15+,22-11?. The van der Waals surface area contributed by atoms with Gasteiger partial charge in [0.15, 0.2) is 0 Å². The summed E-state index contributed by atoms with van der Waals surface area (Å²) in [6.45, 7) is 0. The minimum absolute atomic E-state index is 0.0351. The Balaban J connectivity index is 2.48. The third-order valence-corrected chi connectivity index (χ3v) is 3.22. The number of nitrogens with zero attached hydrogens (tertiary/aromatic N) is 1. The number of hydrogen-bond donors (Lipinski definition) is 1. The summed E-state index contributed by atoms with van der Waals surface area (Å²) >= 11 is 0. The first-order valence-corrected chi connectivity index (χ1v) is 7.11. The molecule has 1 N–H and O–H groups in total. The zero-order chi connectivity index (χ0) is 18.4. The maximum atomic E-state index is 12.8. The third kappa shape index (κ3) is 4.69. The number of ether oxygens (including phenoxy) is 1. The average molecular weight is 349 g/mol. The second kappa shape index (κ2) is 7.65. The second-order valence-electron chi connectivity index (χ2n) is 4.91. The van der Waals surface area contributed by atoms with Gasteiger partial charge in [0.25, 0.3) is 5.78 Å². The maximum Gasteiger partial charge on any atom is 0.455 e. The van der Waals surface area contributed by atoms with Crippen molar-refractivity contribution in [1.29, 1.82) is 0 Å². The van der Waals surface area contributed by atoms with Gasteiger partial charge >= 0.3 is 6.18 Å². The van der Waals surface area contributed by atoms with Crippen LogP contribution in [0, 0.1) is 0 Å². The summed E-state index contributed by atoms with van der Waals surface area (Å²) in [7, 11) is 1.43. The van der Waals surface area contributed by atoms with Gasteiger partial charge in [-0.05, 0) is 36.4 Å². The van der Waals surface area contributed by atoms with E-state index in [9.17, 15) is 23.1 Å². The highest BCUT2D eigenvalue weighted by molar-refractivity contribution is 6.20. The van der Waals surface area contributed by atoms with Crippen LogP contribution in [-0.4, -0.2) is 30.4 Å². The Labute approximate surface area is 141 Å². The monoisotopic (exact) mass is 349 g/mol. The Morgan fingerprint density at radius 2 is 1.68 bits per heavy atom. The smallest absolute Gasteiger partial charge is 0.455 e. The Bertz CT molecular complexity index is 795. The van der Waals surface area contributed by atoms with Crippen molar-refractivity contribution in [2.24, 2.45) is 4.99 Å². The molecule has 0 aliphatic heterocycles. The SMILES string of the molecule is COc1ccc(/C(O)=C(/C=Nc2ccccc2)C(=O)C(F)(F)F)cc1. The lowest BCUT2D eigenvalue weighted by molar-refractivity contribution is -0.165. The number of ketones is 1. The van der Waals surface area contributed by atoms with Gasteiger partial charge in [0.2, 0.25) is 0 Å². The number of halogens is 3. The number of Topliss-reactive ketones (excluding diaryl/α,β-unsaturated/α-hetero) is 1. The second-order valence-corrected chi connectivity index (χ2v) is 4.91. The molecule has 0 amide bonds. The van der Waals surface area contributed by atoms with Crippen LogP contribution in [0.15, 0.2) is 65.2 Å². The Morgan fingerprint density at radius 1 is 1.08 bits per heavy atom. The highest BCUT2D eigenvalue weighted by atomic mass is 19.4. The van der Waals surface area contributed by atoms with Crippen LogP contribution in [0.4, 0.5) is 18.9 Å². The number of hydrogen-bond acceptors (Lipinski definition) is 4. The largest absolute Gasteiger partial charge is 0.506 e. The number of rotatable bonds is 5. The first-order valence-electron chi connectivity index (χ1n) is 7.11. The highest BCUT2D eigenvalue weighted by Crippen LogP contribution is 2.26. The molecule has 0 heterocycles. The molecule has 0 aliphatic rings.